The molecule has 1 aromatic heterocycles. The fourth-order valence-corrected chi connectivity index (χ4v) is 5.51. The molecule has 6 rings (SSSR count). The van der Waals surface area contributed by atoms with Crippen LogP contribution in [0, 0.1) is 5.92 Å². The summed E-state index contributed by atoms with van der Waals surface area (Å²) in [5.74, 6) is 1.07. The lowest BCUT2D eigenvalue weighted by molar-refractivity contribution is -0.138. The first-order chi connectivity index (χ1) is 16.7. The molecule has 1 aliphatic heterocycles. The Morgan fingerprint density at radius 3 is 2.47 bits per heavy atom. The number of aromatic amines is 1. The Morgan fingerprint density at radius 2 is 1.65 bits per heavy atom. The highest BCUT2D eigenvalue weighted by molar-refractivity contribution is 5.99. The fourth-order valence-electron chi connectivity index (χ4n) is 5.51. The van der Waals surface area contributed by atoms with E-state index in [0.717, 1.165) is 53.3 Å². The first-order valence-corrected chi connectivity index (χ1v) is 12.2. The van der Waals surface area contributed by atoms with Gasteiger partial charge in [0.1, 0.15) is 11.9 Å². The predicted molar refractivity (Wildman–Crippen MR) is 132 cm³/mol. The second kappa shape index (κ2) is 8.60. The smallest absolute Gasteiger partial charge is 0.254 e. The standard InChI is InChI=1S/C28H28N4O2/c33-27(20-8-2-3-9-20)31-15-16-32(25(18-31)26-29-23-11-5-6-12-24(23)30-26)28(34)22-14-13-19-7-1-4-10-21(19)17-22/h1,4-7,10-14,17,20,25H,2-3,8-9,15-16,18H2,(H,29,30). The number of hydrogen-bond donors (Lipinski definition) is 1. The molecule has 1 saturated heterocycles. The van der Waals surface area contributed by atoms with E-state index in [4.69, 9.17) is 4.98 Å². The molecule has 1 N–H and O–H groups in total. The second-order valence-corrected chi connectivity index (χ2v) is 9.48. The van der Waals surface area contributed by atoms with Crippen molar-refractivity contribution in [3.8, 4) is 0 Å². The number of nitrogens with zero attached hydrogens (tertiary/aromatic N) is 3. The van der Waals surface area contributed by atoms with Crippen LogP contribution in [0.4, 0.5) is 0 Å². The molecule has 34 heavy (non-hydrogen) atoms. The van der Waals surface area contributed by atoms with E-state index in [9.17, 15) is 9.59 Å². The molecule has 2 fully saturated rings. The summed E-state index contributed by atoms with van der Waals surface area (Å²) in [5.41, 5.74) is 2.47. The van der Waals surface area contributed by atoms with Crippen LogP contribution in [0.3, 0.4) is 0 Å². The summed E-state index contributed by atoms with van der Waals surface area (Å²) in [5, 5.41) is 2.16. The lowest BCUT2D eigenvalue weighted by atomic mass is 10.0. The highest BCUT2D eigenvalue weighted by Crippen LogP contribution is 2.32. The minimum atomic E-state index is -0.314. The molecule has 1 saturated carbocycles. The Balaban J connectivity index is 1.34. The van der Waals surface area contributed by atoms with Gasteiger partial charge < -0.3 is 14.8 Å². The normalized spacial score (nSPS) is 19.2. The van der Waals surface area contributed by atoms with Gasteiger partial charge in [0.2, 0.25) is 5.91 Å². The Kier molecular flexibility index (Phi) is 5.28. The van der Waals surface area contributed by atoms with Crippen LogP contribution in [0.25, 0.3) is 21.8 Å². The molecule has 1 unspecified atom stereocenters. The van der Waals surface area contributed by atoms with Crippen LogP contribution in [-0.2, 0) is 4.79 Å². The molecular formula is C28H28N4O2. The van der Waals surface area contributed by atoms with Gasteiger partial charge in [-0.25, -0.2) is 4.98 Å². The van der Waals surface area contributed by atoms with E-state index in [1.165, 1.54) is 0 Å². The number of benzene rings is 3. The molecule has 0 bridgehead atoms. The zero-order valence-electron chi connectivity index (χ0n) is 19.1. The Morgan fingerprint density at radius 1 is 0.882 bits per heavy atom. The minimum absolute atomic E-state index is 0.0239. The number of piperazine rings is 1. The SMILES string of the molecule is O=C(C1CCCC1)N1CCN(C(=O)c2ccc3ccccc3c2)C(c2nc3ccccc3[nH]2)C1. The Hall–Kier alpha value is -3.67. The predicted octanol–water partition coefficient (Wildman–Crippen LogP) is 4.93. The number of para-hydroxylation sites is 2. The third-order valence-corrected chi connectivity index (χ3v) is 7.38. The number of imidazole rings is 1. The topological polar surface area (TPSA) is 69.3 Å². The van der Waals surface area contributed by atoms with Gasteiger partial charge in [-0.2, -0.15) is 0 Å². The van der Waals surface area contributed by atoms with Crippen LogP contribution in [0.5, 0.6) is 0 Å². The number of carbonyl (C=O) groups excluding carboxylic acids is 2. The lowest BCUT2D eigenvalue weighted by Gasteiger charge is -2.41. The number of aromatic nitrogens is 2. The number of rotatable bonds is 3. The van der Waals surface area contributed by atoms with Gasteiger partial charge in [0.05, 0.1) is 11.0 Å². The number of nitrogens with one attached hydrogen (secondary N) is 1. The van der Waals surface area contributed by atoms with E-state index in [-0.39, 0.29) is 23.8 Å². The van der Waals surface area contributed by atoms with Crippen molar-refractivity contribution < 1.29 is 9.59 Å². The van der Waals surface area contributed by atoms with Crippen LogP contribution in [-0.4, -0.2) is 51.2 Å². The first-order valence-electron chi connectivity index (χ1n) is 12.2. The third-order valence-electron chi connectivity index (χ3n) is 7.38. The van der Waals surface area contributed by atoms with Gasteiger partial charge in [0.15, 0.2) is 0 Å². The minimum Gasteiger partial charge on any atom is -0.340 e. The summed E-state index contributed by atoms with van der Waals surface area (Å²) in [6, 6.07) is 21.5. The monoisotopic (exact) mass is 452 g/mol. The van der Waals surface area contributed by atoms with E-state index < -0.39 is 0 Å². The molecular weight excluding hydrogens is 424 g/mol. The third kappa shape index (κ3) is 3.73. The van der Waals surface area contributed by atoms with E-state index in [2.05, 4.69) is 4.98 Å². The van der Waals surface area contributed by atoms with Crippen molar-refractivity contribution in [3.05, 3.63) is 78.1 Å². The molecule has 2 aliphatic rings. The van der Waals surface area contributed by atoms with Crippen molar-refractivity contribution in [1.29, 1.82) is 0 Å². The molecule has 4 aromatic rings. The van der Waals surface area contributed by atoms with Crippen molar-refractivity contribution in [1.82, 2.24) is 19.8 Å². The summed E-state index contributed by atoms with van der Waals surface area (Å²) < 4.78 is 0. The van der Waals surface area contributed by atoms with Crippen LogP contribution < -0.4 is 0 Å². The molecule has 2 amide bonds. The van der Waals surface area contributed by atoms with Gasteiger partial charge in [-0.15, -0.1) is 0 Å². The summed E-state index contributed by atoms with van der Waals surface area (Å²) >= 11 is 0. The van der Waals surface area contributed by atoms with Crippen LogP contribution in [0.2, 0.25) is 0 Å². The van der Waals surface area contributed by atoms with Crippen molar-refractivity contribution in [2.45, 2.75) is 31.7 Å². The Bertz CT molecular complexity index is 1340. The van der Waals surface area contributed by atoms with Crippen LogP contribution in [0.1, 0.15) is 47.9 Å². The van der Waals surface area contributed by atoms with E-state index in [1.807, 2.05) is 76.5 Å². The highest BCUT2D eigenvalue weighted by atomic mass is 16.2. The van der Waals surface area contributed by atoms with E-state index in [1.54, 1.807) is 0 Å². The molecule has 0 radical (unpaired) electrons. The second-order valence-electron chi connectivity index (χ2n) is 9.48. The maximum absolute atomic E-state index is 13.8. The van der Waals surface area contributed by atoms with E-state index in [0.29, 0.717) is 25.2 Å². The first kappa shape index (κ1) is 20.9. The highest BCUT2D eigenvalue weighted by Gasteiger charge is 2.38. The largest absolute Gasteiger partial charge is 0.340 e. The zero-order valence-corrected chi connectivity index (χ0v) is 19.1. The van der Waals surface area contributed by atoms with Gasteiger partial charge in [0.25, 0.3) is 5.91 Å². The number of carbonyl (C=O) groups is 2. The average Bonchev–Trinajstić information content (AvgIpc) is 3.57. The van der Waals surface area contributed by atoms with Gasteiger partial charge in [-0.1, -0.05) is 55.3 Å². The number of H-pyrrole nitrogens is 1. The number of fused-ring (bicyclic) bond motifs is 2. The van der Waals surface area contributed by atoms with Gasteiger partial charge in [0, 0.05) is 31.1 Å². The summed E-state index contributed by atoms with van der Waals surface area (Å²) in [6.45, 7) is 1.52. The fraction of sp³-hybridized carbons (Fsp3) is 0.321. The maximum Gasteiger partial charge on any atom is 0.254 e. The molecule has 0 spiro atoms. The molecule has 3 aromatic carbocycles. The molecule has 1 aliphatic carbocycles. The average molecular weight is 453 g/mol. The van der Waals surface area contributed by atoms with Crippen LogP contribution in [0.15, 0.2) is 66.7 Å². The molecule has 6 nitrogen and oxygen atoms in total. The zero-order chi connectivity index (χ0) is 23.1. The van der Waals surface area contributed by atoms with Crippen molar-refractivity contribution in [2.75, 3.05) is 19.6 Å². The summed E-state index contributed by atoms with van der Waals surface area (Å²) in [7, 11) is 0. The summed E-state index contributed by atoms with van der Waals surface area (Å²) in [6.07, 6.45) is 4.21. The van der Waals surface area contributed by atoms with Crippen molar-refractivity contribution in [2.24, 2.45) is 5.92 Å². The molecule has 1 atom stereocenters. The molecule has 2 heterocycles. The maximum atomic E-state index is 13.8. The van der Waals surface area contributed by atoms with Gasteiger partial charge in [-0.05, 0) is 47.9 Å². The van der Waals surface area contributed by atoms with Crippen molar-refractivity contribution >= 4 is 33.6 Å². The van der Waals surface area contributed by atoms with E-state index >= 15 is 0 Å². The van der Waals surface area contributed by atoms with Crippen molar-refractivity contribution in [3.63, 3.8) is 0 Å². The quantitative estimate of drug-likeness (QED) is 0.479. The number of hydrogen-bond acceptors (Lipinski definition) is 3. The van der Waals surface area contributed by atoms with Gasteiger partial charge in [-0.3, -0.25) is 9.59 Å². The molecule has 6 heteroatoms. The van der Waals surface area contributed by atoms with Crippen LogP contribution >= 0.6 is 0 Å². The lowest BCUT2D eigenvalue weighted by Crippen LogP contribution is -2.53. The number of amides is 2. The Labute approximate surface area is 198 Å². The molecule has 172 valence electrons. The summed E-state index contributed by atoms with van der Waals surface area (Å²) in [4.78, 5) is 39.1. The van der Waals surface area contributed by atoms with Gasteiger partial charge >= 0.3 is 0 Å².